The van der Waals surface area contributed by atoms with Gasteiger partial charge in [-0.1, -0.05) is 20.8 Å². The maximum absolute atomic E-state index is 12.7. The molecule has 6 heteroatoms. The Hall–Kier alpha value is -2.37. The van der Waals surface area contributed by atoms with Crippen LogP contribution in [0.25, 0.3) is 0 Å². The van der Waals surface area contributed by atoms with Crippen molar-refractivity contribution < 1.29 is 9.21 Å². The number of hydrogen-bond acceptors (Lipinski definition) is 4. The molecule has 146 valence electrons. The van der Waals surface area contributed by atoms with Gasteiger partial charge in [-0.05, 0) is 44.7 Å². The second-order valence-electron chi connectivity index (χ2n) is 8.55. The summed E-state index contributed by atoms with van der Waals surface area (Å²) in [7, 11) is 0. The topological polar surface area (TPSA) is 68.3 Å². The van der Waals surface area contributed by atoms with Gasteiger partial charge in [-0.25, -0.2) is 4.68 Å². The minimum Gasteiger partial charge on any atom is -0.466 e. The molecule has 1 aliphatic rings. The number of aryl methyl sites for hydroxylation is 2. The van der Waals surface area contributed by atoms with Gasteiger partial charge >= 0.3 is 0 Å². The van der Waals surface area contributed by atoms with Gasteiger partial charge in [0.2, 0.25) is 0 Å². The van der Waals surface area contributed by atoms with Gasteiger partial charge in [-0.3, -0.25) is 9.59 Å². The molecule has 1 saturated heterocycles. The largest absolute Gasteiger partial charge is 0.466 e. The Bertz CT molecular complexity index is 881. The van der Waals surface area contributed by atoms with Crippen LogP contribution in [0.3, 0.4) is 0 Å². The maximum atomic E-state index is 12.7. The number of furan rings is 1. The van der Waals surface area contributed by atoms with Crippen LogP contribution in [-0.4, -0.2) is 33.7 Å². The zero-order valence-electron chi connectivity index (χ0n) is 16.9. The first kappa shape index (κ1) is 19.4. The lowest BCUT2D eigenvalue weighted by Gasteiger charge is -2.32. The van der Waals surface area contributed by atoms with E-state index in [4.69, 9.17) is 4.42 Å². The molecule has 0 bridgehead atoms. The van der Waals surface area contributed by atoms with Gasteiger partial charge in [0.25, 0.3) is 11.5 Å². The first-order valence-electron chi connectivity index (χ1n) is 9.60. The number of aromatic nitrogens is 2. The molecule has 2 aromatic heterocycles. The molecule has 0 radical (unpaired) electrons. The predicted octanol–water partition coefficient (Wildman–Crippen LogP) is 3.30. The molecule has 1 amide bonds. The maximum Gasteiger partial charge on any atom is 0.266 e. The van der Waals surface area contributed by atoms with Crippen molar-refractivity contribution >= 4 is 5.91 Å². The molecule has 0 unspecified atom stereocenters. The Balaban J connectivity index is 1.64. The fraction of sp³-hybridized carbons (Fsp3) is 0.571. The second kappa shape index (κ2) is 7.33. The first-order valence-corrected chi connectivity index (χ1v) is 9.60. The van der Waals surface area contributed by atoms with E-state index in [0.29, 0.717) is 36.9 Å². The highest BCUT2D eigenvalue weighted by Crippen LogP contribution is 2.23. The molecule has 27 heavy (non-hydrogen) atoms. The van der Waals surface area contributed by atoms with Gasteiger partial charge < -0.3 is 9.32 Å². The molecule has 1 fully saturated rings. The quantitative estimate of drug-likeness (QED) is 0.830. The van der Waals surface area contributed by atoms with E-state index < -0.39 is 0 Å². The van der Waals surface area contributed by atoms with E-state index in [9.17, 15) is 9.59 Å². The Labute approximate surface area is 160 Å². The van der Waals surface area contributed by atoms with Crippen molar-refractivity contribution in [3.63, 3.8) is 0 Å². The Morgan fingerprint density at radius 2 is 1.89 bits per heavy atom. The number of piperidine rings is 1. The van der Waals surface area contributed by atoms with Gasteiger partial charge in [0, 0.05) is 31.1 Å². The molecule has 0 spiro atoms. The summed E-state index contributed by atoms with van der Waals surface area (Å²) < 4.78 is 7.07. The van der Waals surface area contributed by atoms with Gasteiger partial charge in [-0.15, -0.1) is 0 Å². The fourth-order valence-corrected chi connectivity index (χ4v) is 3.56. The van der Waals surface area contributed by atoms with Crippen LogP contribution >= 0.6 is 0 Å². The summed E-state index contributed by atoms with van der Waals surface area (Å²) in [5, 5.41) is 4.56. The van der Waals surface area contributed by atoms with Crippen LogP contribution in [0.2, 0.25) is 0 Å². The number of carbonyl (C=O) groups is 1. The summed E-state index contributed by atoms with van der Waals surface area (Å²) in [6, 6.07) is 5.23. The van der Waals surface area contributed by atoms with Crippen LogP contribution in [0.1, 0.15) is 61.2 Å². The van der Waals surface area contributed by atoms with E-state index >= 15 is 0 Å². The molecule has 1 aliphatic heterocycles. The van der Waals surface area contributed by atoms with Crippen molar-refractivity contribution in [3.05, 3.63) is 51.3 Å². The third-order valence-electron chi connectivity index (χ3n) is 5.24. The summed E-state index contributed by atoms with van der Waals surface area (Å²) in [6.45, 7) is 11.9. The number of likely N-dealkylation sites (tertiary alicyclic amines) is 1. The monoisotopic (exact) mass is 371 g/mol. The van der Waals surface area contributed by atoms with E-state index in [2.05, 4.69) is 25.9 Å². The van der Waals surface area contributed by atoms with Crippen molar-refractivity contribution in [1.82, 2.24) is 14.7 Å². The molecule has 0 aromatic carbocycles. The normalized spacial score (nSPS) is 16.0. The van der Waals surface area contributed by atoms with Gasteiger partial charge in [-0.2, -0.15) is 5.10 Å². The van der Waals surface area contributed by atoms with Crippen LogP contribution in [0.5, 0.6) is 0 Å². The molecule has 0 N–H and O–H groups in total. The third-order valence-corrected chi connectivity index (χ3v) is 5.24. The summed E-state index contributed by atoms with van der Waals surface area (Å²) in [4.78, 5) is 26.8. The highest BCUT2D eigenvalue weighted by atomic mass is 16.3. The molecule has 6 nitrogen and oxygen atoms in total. The molecular weight excluding hydrogens is 342 g/mol. The van der Waals surface area contributed by atoms with Gasteiger partial charge in [0.1, 0.15) is 11.5 Å². The summed E-state index contributed by atoms with van der Waals surface area (Å²) >= 11 is 0. The molecule has 0 saturated carbocycles. The van der Waals surface area contributed by atoms with Crippen LogP contribution in [0.4, 0.5) is 0 Å². The molecule has 3 heterocycles. The summed E-state index contributed by atoms with van der Waals surface area (Å²) in [5.74, 6) is 1.82. The lowest BCUT2D eigenvalue weighted by molar-refractivity contribution is 0.0678. The average Bonchev–Trinajstić information content (AvgIpc) is 2.94. The smallest absolute Gasteiger partial charge is 0.266 e. The lowest BCUT2D eigenvalue weighted by Crippen LogP contribution is -2.40. The lowest BCUT2D eigenvalue weighted by atomic mass is 9.92. The Kier molecular flexibility index (Phi) is 5.27. The Morgan fingerprint density at radius 3 is 2.44 bits per heavy atom. The predicted molar refractivity (Wildman–Crippen MR) is 104 cm³/mol. The van der Waals surface area contributed by atoms with Crippen molar-refractivity contribution in [2.45, 2.75) is 59.4 Å². The van der Waals surface area contributed by atoms with E-state index in [-0.39, 0.29) is 16.9 Å². The number of amides is 1. The first-order chi connectivity index (χ1) is 12.6. The molecule has 2 aromatic rings. The third kappa shape index (κ3) is 4.31. The van der Waals surface area contributed by atoms with Gasteiger partial charge in [0.05, 0.1) is 11.3 Å². The average molecular weight is 371 g/mol. The van der Waals surface area contributed by atoms with Crippen LogP contribution in [0.15, 0.2) is 27.4 Å². The summed E-state index contributed by atoms with van der Waals surface area (Å²) in [5.41, 5.74) is 1.42. The molecule has 0 aliphatic carbocycles. The molecule has 3 rings (SSSR count). The number of rotatable bonds is 3. The number of hydrogen-bond donors (Lipinski definition) is 0. The fourth-order valence-electron chi connectivity index (χ4n) is 3.56. The van der Waals surface area contributed by atoms with Crippen molar-refractivity contribution in [2.24, 2.45) is 5.92 Å². The minimum atomic E-state index is -0.0915. The zero-order chi connectivity index (χ0) is 19.8. The van der Waals surface area contributed by atoms with Crippen molar-refractivity contribution in [1.29, 1.82) is 0 Å². The van der Waals surface area contributed by atoms with Crippen LogP contribution < -0.4 is 5.56 Å². The van der Waals surface area contributed by atoms with E-state index in [0.717, 1.165) is 24.3 Å². The van der Waals surface area contributed by atoms with Crippen LogP contribution in [0, 0.1) is 19.8 Å². The molecular formula is C21H29N3O3. The molecule has 0 atom stereocenters. The SMILES string of the molecule is Cc1cc(C(=O)N2CCC(Cn3nc(C(C)(C)C)ccc3=O)CC2)c(C)o1. The van der Waals surface area contributed by atoms with Gasteiger partial charge in [0.15, 0.2) is 0 Å². The minimum absolute atomic E-state index is 0.0350. The highest BCUT2D eigenvalue weighted by molar-refractivity contribution is 5.95. The number of carbonyl (C=O) groups excluding carboxylic acids is 1. The standard InChI is InChI=1S/C21H29N3O3/c1-14-12-17(15(2)27-14)20(26)23-10-8-16(9-11-23)13-24-19(25)7-6-18(22-24)21(3,4)5/h6-7,12,16H,8-11,13H2,1-5H3. The van der Waals surface area contributed by atoms with E-state index in [1.807, 2.05) is 30.9 Å². The zero-order valence-corrected chi connectivity index (χ0v) is 16.9. The number of nitrogens with zero attached hydrogens (tertiary/aromatic N) is 3. The Morgan fingerprint density at radius 1 is 1.22 bits per heavy atom. The van der Waals surface area contributed by atoms with Crippen molar-refractivity contribution in [3.8, 4) is 0 Å². The second-order valence-corrected chi connectivity index (χ2v) is 8.55. The summed E-state index contributed by atoms with van der Waals surface area (Å²) in [6.07, 6.45) is 1.74. The van der Waals surface area contributed by atoms with E-state index in [1.54, 1.807) is 10.7 Å². The van der Waals surface area contributed by atoms with E-state index in [1.165, 1.54) is 0 Å². The van der Waals surface area contributed by atoms with Crippen LogP contribution in [-0.2, 0) is 12.0 Å². The highest BCUT2D eigenvalue weighted by Gasteiger charge is 2.26. The van der Waals surface area contributed by atoms with Crippen molar-refractivity contribution in [2.75, 3.05) is 13.1 Å².